The van der Waals surface area contributed by atoms with Crippen molar-refractivity contribution in [1.29, 1.82) is 0 Å². The quantitative estimate of drug-likeness (QED) is 0.481. The Kier molecular flexibility index (Phi) is 3.84. The topological polar surface area (TPSA) is 118 Å². The van der Waals surface area contributed by atoms with Gasteiger partial charge in [-0.2, -0.15) is 0 Å². The zero-order valence-corrected chi connectivity index (χ0v) is 8.51. The number of nitrogens with one attached hydrogen (secondary N) is 1. The Bertz CT molecular complexity index is 406. The smallest absolute Gasteiger partial charge is 0.251 e. The van der Waals surface area contributed by atoms with Crippen LogP contribution in [-0.4, -0.2) is 29.6 Å². The molecule has 6 nitrogen and oxygen atoms in total. The van der Waals surface area contributed by atoms with Gasteiger partial charge in [-0.3, -0.25) is 9.59 Å². The van der Waals surface area contributed by atoms with E-state index in [0.29, 0.717) is 11.3 Å². The molecule has 1 atom stereocenters. The van der Waals surface area contributed by atoms with E-state index in [1.54, 1.807) is 18.2 Å². The van der Waals surface area contributed by atoms with Gasteiger partial charge in [0.2, 0.25) is 5.91 Å². The van der Waals surface area contributed by atoms with Gasteiger partial charge in [-0.1, -0.05) is 6.07 Å². The summed E-state index contributed by atoms with van der Waals surface area (Å²) in [6.45, 7) is -0.219. The number of nitrogen functional groups attached to an aromatic ring is 1. The molecule has 0 saturated heterocycles. The first-order chi connectivity index (χ1) is 7.50. The molecule has 0 fully saturated rings. The molecule has 0 bridgehead atoms. The number of hydrogen-bond acceptors (Lipinski definition) is 4. The number of hydrogen-bond donors (Lipinski definition) is 4. The third-order valence-corrected chi connectivity index (χ3v) is 1.93. The molecule has 86 valence electrons. The third-order valence-electron chi connectivity index (χ3n) is 1.93. The molecule has 6 heteroatoms. The number of aliphatic hydroxyl groups excluding tert-OH is 1. The van der Waals surface area contributed by atoms with E-state index in [1.807, 2.05) is 0 Å². The first-order valence-electron chi connectivity index (χ1n) is 4.62. The van der Waals surface area contributed by atoms with Gasteiger partial charge in [0.05, 0.1) is 6.54 Å². The molecule has 0 aliphatic carbocycles. The maximum Gasteiger partial charge on any atom is 0.251 e. The van der Waals surface area contributed by atoms with E-state index >= 15 is 0 Å². The highest BCUT2D eigenvalue weighted by Crippen LogP contribution is 2.05. The van der Waals surface area contributed by atoms with Crippen LogP contribution in [0.4, 0.5) is 5.69 Å². The molecular weight excluding hydrogens is 210 g/mol. The van der Waals surface area contributed by atoms with Crippen LogP contribution >= 0.6 is 0 Å². The zero-order chi connectivity index (χ0) is 12.1. The van der Waals surface area contributed by atoms with Crippen molar-refractivity contribution < 1.29 is 14.7 Å². The second-order valence-electron chi connectivity index (χ2n) is 3.25. The van der Waals surface area contributed by atoms with Gasteiger partial charge in [-0.05, 0) is 18.2 Å². The monoisotopic (exact) mass is 223 g/mol. The first kappa shape index (κ1) is 12.0. The summed E-state index contributed by atoms with van der Waals surface area (Å²) in [6, 6.07) is 6.35. The van der Waals surface area contributed by atoms with E-state index in [0.717, 1.165) is 0 Å². The maximum atomic E-state index is 11.5. The number of carbonyl (C=O) groups excluding carboxylic acids is 2. The van der Waals surface area contributed by atoms with Gasteiger partial charge in [-0.15, -0.1) is 0 Å². The molecule has 1 aromatic carbocycles. The highest BCUT2D eigenvalue weighted by molar-refractivity contribution is 5.95. The summed E-state index contributed by atoms with van der Waals surface area (Å²) in [5.74, 6) is -1.31. The Morgan fingerprint density at radius 1 is 1.44 bits per heavy atom. The minimum absolute atomic E-state index is 0.219. The molecule has 1 aromatic rings. The molecule has 0 aliphatic rings. The first-order valence-corrected chi connectivity index (χ1v) is 4.62. The van der Waals surface area contributed by atoms with Crippen molar-refractivity contribution in [3.63, 3.8) is 0 Å². The van der Waals surface area contributed by atoms with Crippen LogP contribution in [0.15, 0.2) is 24.3 Å². The molecule has 0 saturated carbocycles. The fourth-order valence-electron chi connectivity index (χ4n) is 1.07. The Labute approximate surface area is 92.2 Å². The zero-order valence-electron chi connectivity index (χ0n) is 8.51. The van der Waals surface area contributed by atoms with Crippen LogP contribution in [0.5, 0.6) is 0 Å². The van der Waals surface area contributed by atoms with Crippen LogP contribution in [0.25, 0.3) is 0 Å². The lowest BCUT2D eigenvalue weighted by Crippen LogP contribution is -2.39. The van der Waals surface area contributed by atoms with Crippen molar-refractivity contribution >= 4 is 17.5 Å². The summed E-state index contributed by atoms with van der Waals surface area (Å²) in [7, 11) is 0. The van der Waals surface area contributed by atoms with Crippen LogP contribution in [0, 0.1) is 0 Å². The van der Waals surface area contributed by atoms with Gasteiger partial charge in [0.1, 0.15) is 6.10 Å². The molecule has 0 heterocycles. The van der Waals surface area contributed by atoms with Gasteiger partial charge in [0, 0.05) is 11.3 Å². The average molecular weight is 223 g/mol. The van der Waals surface area contributed by atoms with E-state index < -0.39 is 17.9 Å². The average Bonchev–Trinajstić information content (AvgIpc) is 2.25. The second-order valence-corrected chi connectivity index (χ2v) is 3.25. The lowest BCUT2D eigenvalue weighted by atomic mass is 10.2. The summed E-state index contributed by atoms with van der Waals surface area (Å²) < 4.78 is 0. The van der Waals surface area contributed by atoms with E-state index in [2.05, 4.69) is 5.32 Å². The van der Waals surface area contributed by atoms with Crippen LogP contribution in [-0.2, 0) is 4.79 Å². The van der Waals surface area contributed by atoms with E-state index in [4.69, 9.17) is 16.6 Å². The normalized spacial score (nSPS) is 11.8. The molecule has 16 heavy (non-hydrogen) atoms. The molecule has 0 aromatic heterocycles. The predicted molar refractivity (Wildman–Crippen MR) is 58.4 cm³/mol. The van der Waals surface area contributed by atoms with Gasteiger partial charge in [-0.25, -0.2) is 0 Å². The highest BCUT2D eigenvalue weighted by Gasteiger charge is 2.12. The standard InChI is InChI=1S/C10H13N3O3/c11-7-3-1-2-6(4-7)10(16)13-5-8(14)9(12)15/h1-4,8,14H,5,11H2,(H2,12,15)(H,13,16). The van der Waals surface area contributed by atoms with Crippen molar-refractivity contribution in [2.24, 2.45) is 5.73 Å². The van der Waals surface area contributed by atoms with E-state index in [-0.39, 0.29) is 6.54 Å². The fraction of sp³-hybridized carbons (Fsp3) is 0.200. The molecule has 2 amide bonds. The number of amides is 2. The number of rotatable bonds is 4. The SMILES string of the molecule is NC(=O)C(O)CNC(=O)c1cccc(N)c1. The summed E-state index contributed by atoms with van der Waals surface area (Å²) in [4.78, 5) is 22.0. The molecule has 1 rings (SSSR count). The number of carbonyl (C=O) groups is 2. The third kappa shape index (κ3) is 3.25. The fourth-order valence-corrected chi connectivity index (χ4v) is 1.07. The van der Waals surface area contributed by atoms with Crippen molar-refractivity contribution in [2.75, 3.05) is 12.3 Å². The number of benzene rings is 1. The van der Waals surface area contributed by atoms with Crippen molar-refractivity contribution in [3.05, 3.63) is 29.8 Å². The molecular formula is C10H13N3O3. The van der Waals surface area contributed by atoms with Gasteiger partial charge < -0.3 is 21.9 Å². The van der Waals surface area contributed by atoms with Crippen LogP contribution in [0.2, 0.25) is 0 Å². The number of primary amides is 1. The molecule has 1 unspecified atom stereocenters. The van der Waals surface area contributed by atoms with Crippen LogP contribution in [0.3, 0.4) is 0 Å². The van der Waals surface area contributed by atoms with Crippen LogP contribution < -0.4 is 16.8 Å². The Morgan fingerprint density at radius 2 is 2.12 bits per heavy atom. The van der Waals surface area contributed by atoms with Gasteiger partial charge in [0.15, 0.2) is 0 Å². The lowest BCUT2D eigenvalue weighted by Gasteiger charge is -2.08. The van der Waals surface area contributed by atoms with E-state index in [1.165, 1.54) is 6.07 Å². The van der Waals surface area contributed by atoms with Gasteiger partial charge in [0.25, 0.3) is 5.91 Å². The minimum atomic E-state index is -1.38. The van der Waals surface area contributed by atoms with Crippen LogP contribution in [0.1, 0.15) is 10.4 Å². The predicted octanol–water partition coefficient (Wildman–Crippen LogP) is -1.16. The lowest BCUT2D eigenvalue weighted by molar-refractivity contribution is -0.125. The largest absolute Gasteiger partial charge is 0.399 e. The summed E-state index contributed by atoms with van der Waals surface area (Å²) in [5, 5.41) is 11.4. The number of anilines is 1. The Balaban J connectivity index is 2.56. The molecule has 0 radical (unpaired) electrons. The van der Waals surface area contributed by atoms with Gasteiger partial charge >= 0.3 is 0 Å². The maximum absolute atomic E-state index is 11.5. The second kappa shape index (κ2) is 5.13. The summed E-state index contributed by atoms with van der Waals surface area (Å²) in [5.41, 5.74) is 11.1. The number of nitrogens with two attached hydrogens (primary N) is 2. The Morgan fingerprint density at radius 3 is 2.69 bits per heavy atom. The van der Waals surface area contributed by atoms with Crippen molar-refractivity contribution in [3.8, 4) is 0 Å². The number of aliphatic hydroxyl groups is 1. The highest BCUT2D eigenvalue weighted by atomic mass is 16.3. The molecule has 6 N–H and O–H groups in total. The molecule has 0 aliphatic heterocycles. The minimum Gasteiger partial charge on any atom is -0.399 e. The van der Waals surface area contributed by atoms with Crippen molar-refractivity contribution in [2.45, 2.75) is 6.10 Å². The Hall–Kier alpha value is -2.08. The van der Waals surface area contributed by atoms with E-state index in [9.17, 15) is 9.59 Å². The summed E-state index contributed by atoms with van der Waals surface area (Å²) >= 11 is 0. The van der Waals surface area contributed by atoms with Crippen molar-refractivity contribution in [1.82, 2.24) is 5.32 Å². The summed E-state index contributed by atoms with van der Waals surface area (Å²) in [6.07, 6.45) is -1.38. The molecule has 0 spiro atoms.